The molecule has 22 heavy (non-hydrogen) atoms. The number of anilines is 1. The summed E-state index contributed by atoms with van der Waals surface area (Å²) in [7, 11) is 0. The van der Waals surface area contributed by atoms with Crippen LogP contribution in [0.4, 0.5) is 5.69 Å². The zero-order valence-electron chi connectivity index (χ0n) is 12.2. The van der Waals surface area contributed by atoms with E-state index in [2.05, 4.69) is 16.4 Å². The number of nitrogens with zero attached hydrogens (tertiary/aromatic N) is 4. The molecule has 1 aromatic heterocycles. The zero-order chi connectivity index (χ0) is 15.7. The summed E-state index contributed by atoms with van der Waals surface area (Å²) in [5.74, 6) is -1.27. The second-order valence-corrected chi connectivity index (χ2v) is 5.39. The van der Waals surface area contributed by atoms with Gasteiger partial charge in [0.25, 0.3) is 0 Å². The maximum absolute atomic E-state index is 12.5. The molecule has 1 aliphatic rings. The Labute approximate surface area is 127 Å². The smallest absolute Gasteiger partial charge is 0.358 e. The highest BCUT2D eigenvalue weighted by molar-refractivity contribution is 5.94. The van der Waals surface area contributed by atoms with Crippen molar-refractivity contribution in [1.29, 1.82) is 0 Å². The Hall–Kier alpha value is -2.70. The molecule has 0 bridgehead atoms. The minimum absolute atomic E-state index is 0.0202. The first-order valence-electron chi connectivity index (χ1n) is 7.08. The number of hydrogen-bond acceptors (Lipinski definition) is 4. The van der Waals surface area contributed by atoms with Gasteiger partial charge in [-0.1, -0.05) is 22.9 Å². The molecule has 0 fully saturated rings. The Morgan fingerprint density at radius 3 is 2.91 bits per heavy atom. The Morgan fingerprint density at radius 1 is 1.36 bits per heavy atom. The van der Waals surface area contributed by atoms with Crippen LogP contribution < -0.4 is 4.90 Å². The molecule has 0 aliphatic carbocycles. The van der Waals surface area contributed by atoms with E-state index in [4.69, 9.17) is 5.11 Å². The molecule has 3 rings (SSSR count). The van der Waals surface area contributed by atoms with Gasteiger partial charge < -0.3 is 10.0 Å². The molecular weight excluding hydrogens is 284 g/mol. The average Bonchev–Trinajstić information content (AvgIpc) is 2.95. The van der Waals surface area contributed by atoms with Crippen LogP contribution in [-0.4, -0.2) is 38.5 Å². The molecule has 2 aromatic rings. The summed E-state index contributed by atoms with van der Waals surface area (Å²) in [5.41, 5.74) is 3.11. The molecule has 1 aliphatic heterocycles. The lowest BCUT2D eigenvalue weighted by molar-refractivity contribution is -0.119. The van der Waals surface area contributed by atoms with Gasteiger partial charge in [-0.05, 0) is 31.4 Å². The van der Waals surface area contributed by atoms with Gasteiger partial charge in [0.2, 0.25) is 5.91 Å². The summed E-state index contributed by atoms with van der Waals surface area (Å²) in [6.07, 6.45) is 3.15. The summed E-state index contributed by atoms with van der Waals surface area (Å²) in [4.78, 5) is 25.0. The topological polar surface area (TPSA) is 88.3 Å². The number of carbonyl (C=O) groups is 2. The van der Waals surface area contributed by atoms with E-state index in [9.17, 15) is 9.59 Å². The monoisotopic (exact) mass is 300 g/mol. The van der Waals surface area contributed by atoms with Gasteiger partial charge in [0.1, 0.15) is 6.54 Å². The fraction of sp³-hybridized carbons (Fsp3) is 0.333. The van der Waals surface area contributed by atoms with Crippen LogP contribution in [0.1, 0.15) is 28.0 Å². The van der Waals surface area contributed by atoms with E-state index in [0.29, 0.717) is 6.54 Å². The molecule has 1 aromatic carbocycles. The number of amides is 1. The van der Waals surface area contributed by atoms with Crippen LogP contribution in [0.15, 0.2) is 24.4 Å². The number of carboxylic acid groups (broad SMARTS) is 1. The fourth-order valence-electron chi connectivity index (χ4n) is 2.68. The number of aromatic carboxylic acids is 1. The normalized spacial score (nSPS) is 13.8. The van der Waals surface area contributed by atoms with E-state index < -0.39 is 5.97 Å². The highest BCUT2D eigenvalue weighted by atomic mass is 16.4. The molecule has 114 valence electrons. The number of carboxylic acids is 1. The SMILES string of the molecule is Cc1ccc2c(c1)CCCN2C(=O)Cn1cc(C(=O)O)nn1. The minimum atomic E-state index is -1.16. The molecule has 0 radical (unpaired) electrons. The number of aromatic nitrogens is 3. The Kier molecular flexibility index (Phi) is 3.62. The van der Waals surface area contributed by atoms with Crippen molar-refractivity contribution in [2.75, 3.05) is 11.4 Å². The van der Waals surface area contributed by atoms with Gasteiger partial charge in [-0.3, -0.25) is 4.79 Å². The number of benzene rings is 1. The highest BCUT2D eigenvalue weighted by Gasteiger charge is 2.23. The van der Waals surface area contributed by atoms with Gasteiger partial charge in [-0.15, -0.1) is 5.10 Å². The first-order valence-corrected chi connectivity index (χ1v) is 7.08. The van der Waals surface area contributed by atoms with Crippen molar-refractivity contribution in [3.63, 3.8) is 0 Å². The maximum atomic E-state index is 12.5. The molecule has 0 atom stereocenters. The molecule has 7 heteroatoms. The predicted octanol–water partition coefficient (Wildman–Crippen LogP) is 1.26. The maximum Gasteiger partial charge on any atom is 0.358 e. The molecular formula is C15H16N4O3. The number of fused-ring (bicyclic) bond motifs is 1. The lowest BCUT2D eigenvalue weighted by Gasteiger charge is -2.29. The van der Waals surface area contributed by atoms with E-state index in [-0.39, 0.29) is 18.1 Å². The number of carbonyl (C=O) groups excluding carboxylic acids is 1. The van der Waals surface area contributed by atoms with E-state index in [0.717, 1.165) is 18.5 Å². The van der Waals surface area contributed by atoms with Crippen LogP contribution in [0.2, 0.25) is 0 Å². The molecule has 0 spiro atoms. The predicted molar refractivity (Wildman–Crippen MR) is 78.8 cm³/mol. The molecule has 0 saturated heterocycles. The fourth-order valence-corrected chi connectivity index (χ4v) is 2.68. The van der Waals surface area contributed by atoms with E-state index in [1.165, 1.54) is 22.0 Å². The third-order valence-electron chi connectivity index (χ3n) is 3.71. The average molecular weight is 300 g/mol. The Balaban J connectivity index is 1.80. The van der Waals surface area contributed by atoms with Gasteiger partial charge in [0, 0.05) is 12.2 Å². The molecule has 1 amide bonds. The molecule has 1 N–H and O–H groups in total. The summed E-state index contributed by atoms with van der Waals surface area (Å²) in [6, 6.07) is 6.06. The quantitative estimate of drug-likeness (QED) is 0.922. The van der Waals surface area contributed by atoms with Crippen LogP contribution in [-0.2, 0) is 17.8 Å². The van der Waals surface area contributed by atoms with Gasteiger partial charge >= 0.3 is 5.97 Å². The van der Waals surface area contributed by atoms with Crippen molar-refractivity contribution in [1.82, 2.24) is 15.0 Å². The van der Waals surface area contributed by atoms with Crippen LogP contribution in [0.25, 0.3) is 0 Å². The van der Waals surface area contributed by atoms with Crippen LogP contribution in [0.5, 0.6) is 0 Å². The third kappa shape index (κ3) is 2.69. The van der Waals surface area contributed by atoms with Crippen molar-refractivity contribution in [3.05, 3.63) is 41.2 Å². The summed E-state index contributed by atoms with van der Waals surface area (Å²) in [6.45, 7) is 2.67. The highest BCUT2D eigenvalue weighted by Crippen LogP contribution is 2.28. The Morgan fingerprint density at radius 2 is 2.18 bits per heavy atom. The summed E-state index contributed by atoms with van der Waals surface area (Å²) in [5, 5.41) is 16.0. The van der Waals surface area contributed by atoms with Gasteiger partial charge in [-0.25, -0.2) is 9.48 Å². The Bertz CT molecular complexity index is 738. The zero-order valence-corrected chi connectivity index (χ0v) is 12.2. The van der Waals surface area contributed by atoms with E-state index >= 15 is 0 Å². The van der Waals surface area contributed by atoms with Crippen LogP contribution in [0.3, 0.4) is 0 Å². The van der Waals surface area contributed by atoms with Crippen LogP contribution >= 0.6 is 0 Å². The molecule has 0 saturated carbocycles. The van der Waals surface area contributed by atoms with Crippen molar-refractivity contribution in [2.45, 2.75) is 26.3 Å². The summed E-state index contributed by atoms with van der Waals surface area (Å²) < 4.78 is 1.26. The molecule has 0 unspecified atom stereocenters. The van der Waals surface area contributed by atoms with Gasteiger partial charge in [0.15, 0.2) is 5.69 Å². The molecule has 2 heterocycles. The lowest BCUT2D eigenvalue weighted by Crippen LogP contribution is -2.37. The standard InChI is InChI=1S/C15H16N4O3/c1-10-4-5-13-11(7-10)3-2-6-19(13)14(20)9-18-8-12(15(21)22)16-17-18/h4-5,7-8H,2-3,6,9H2,1H3,(H,21,22). The third-order valence-corrected chi connectivity index (χ3v) is 3.71. The van der Waals surface area contributed by atoms with E-state index in [1.807, 2.05) is 19.1 Å². The second kappa shape index (κ2) is 5.59. The van der Waals surface area contributed by atoms with Crippen molar-refractivity contribution < 1.29 is 14.7 Å². The first-order chi connectivity index (χ1) is 10.5. The number of rotatable bonds is 3. The second-order valence-electron chi connectivity index (χ2n) is 5.39. The van der Waals surface area contributed by atoms with Crippen molar-refractivity contribution in [3.8, 4) is 0 Å². The summed E-state index contributed by atoms with van der Waals surface area (Å²) >= 11 is 0. The minimum Gasteiger partial charge on any atom is -0.476 e. The first kappa shape index (κ1) is 14.2. The van der Waals surface area contributed by atoms with Gasteiger partial charge in [0.05, 0.1) is 6.20 Å². The largest absolute Gasteiger partial charge is 0.476 e. The van der Waals surface area contributed by atoms with Crippen molar-refractivity contribution >= 4 is 17.6 Å². The van der Waals surface area contributed by atoms with Crippen molar-refractivity contribution in [2.24, 2.45) is 0 Å². The lowest BCUT2D eigenvalue weighted by atomic mass is 9.99. The molecule has 7 nitrogen and oxygen atoms in total. The van der Waals surface area contributed by atoms with E-state index in [1.54, 1.807) is 4.90 Å². The van der Waals surface area contributed by atoms with Crippen LogP contribution in [0, 0.1) is 6.92 Å². The number of hydrogen-bond donors (Lipinski definition) is 1. The number of aryl methyl sites for hydroxylation is 2. The van der Waals surface area contributed by atoms with Gasteiger partial charge in [-0.2, -0.15) is 0 Å².